The van der Waals surface area contributed by atoms with Crippen LogP contribution in [0.1, 0.15) is 17.8 Å². The Morgan fingerprint density at radius 3 is 2.36 bits per heavy atom. The van der Waals surface area contributed by atoms with Gasteiger partial charge < -0.3 is 14.8 Å². The van der Waals surface area contributed by atoms with Gasteiger partial charge >= 0.3 is 12.2 Å². The molecule has 1 amide bonds. The third kappa shape index (κ3) is 6.34. The van der Waals surface area contributed by atoms with Crippen LogP contribution in [0.15, 0.2) is 35.2 Å². The van der Waals surface area contributed by atoms with Gasteiger partial charge in [0.1, 0.15) is 0 Å². The maximum Gasteiger partial charge on any atom is 0.436 e. The molecule has 0 radical (unpaired) electrons. The zero-order valence-electron chi connectivity index (χ0n) is 19.1. The van der Waals surface area contributed by atoms with E-state index in [4.69, 9.17) is 21.1 Å². The van der Waals surface area contributed by atoms with Gasteiger partial charge in [-0.1, -0.05) is 11.6 Å². The van der Waals surface area contributed by atoms with Crippen LogP contribution in [-0.2, 0) is 27.5 Å². The lowest BCUT2D eigenvalue weighted by Crippen LogP contribution is -2.17. The number of hydrogen-bond donors (Lipinski definition) is 2. The molecule has 3 rings (SSSR count). The standard InChI is InChI=1S/C20H20ClF3N6O5S/c1-11-17(21)18(20(22,23)24)28-30(11)9-8-15(31)25-12-4-6-13(7-5-12)36(32,33)29-14-10-16(34-2)27-19(26-14)35-3/h4-7,10H,8-9H2,1-3H3,(H,25,31)(H,26,27,29). The molecule has 0 saturated heterocycles. The normalized spacial score (nSPS) is 11.8. The van der Waals surface area contributed by atoms with Crippen molar-refractivity contribution in [1.82, 2.24) is 19.7 Å². The van der Waals surface area contributed by atoms with Gasteiger partial charge in [0.05, 0.1) is 36.4 Å². The van der Waals surface area contributed by atoms with Crippen LogP contribution >= 0.6 is 11.6 Å². The van der Waals surface area contributed by atoms with E-state index in [2.05, 4.69) is 25.1 Å². The highest BCUT2D eigenvalue weighted by molar-refractivity contribution is 7.92. The first-order chi connectivity index (χ1) is 16.8. The van der Waals surface area contributed by atoms with Crippen molar-refractivity contribution < 1.29 is 35.9 Å². The van der Waals surface area contributed by atoms with E-state index >= 15 is 0 Å². The van der Waals surface area contributed by atoms with Gasteiger partial charge in [-0.05, 0) is 31.2 Å². The Bertz CT molecular complexity index is 1340. The van der Waals surface area contributed by atoms with E-state index in [1.54, 1.807) is 0 Å². The van der Waals surface area contributed by atoms with Gasteiger partial charge in [0, 0.05) is 18.2 Å². The molecule has 0 aliphatic rings. The molecule has 0 aliphatic heterocycles. The van der Waals surface area contributed by atoms with E-state index < -0.39 is 32.8 Å². The number of carbonyl (C=O) groups excluding carboxylic acids is 1. The average Bonchev–Trinajstić information content (AvgIpc) is 3.11. The van der Waals surface area contributed by atoms with Crippen LogP contribution in [0.25, 0.3) is 0 Å². The molecule has 0 aliphatic carbocycles. The summed E-state index contributed by atoms with van der Waals surface area (Å²) in [4.78, 5) is 19.9. The number of carbonyl (C=O) groups is 1. The number of anilines is 2. The summed E-state index contributed by atoms with van der Waals surface area (Å²) in [7, 11) is -1.40. The molecule has 194 valence electrons. The third-order valence-corrected chi connectivity index (χ3v) is 6.54. The number of amides is 1. The molecule has 2 aromatic heterocycles. The molecular weight excluding hydrogens is 529 g/mol. The Balaban J connectivity index is 1.64. The van der Waals surface area contributed by atoms with E-state index in [0.717, 1.165) is 4.68 Å². The number of alkyl halides is 3. The molecule has 11 nitrogen and oxygen atoms in total. The molecule has 0 unspecified atom stereocenters. The van der Waals surface area contributed by atoms with Crippen molar-refractivity contribution in [1.29, 1.82) is 0 Å². The number of aryl methyl sites for hydroxylation is 1. The highest BCUT2D eigenvalue weighted by atomic mass is 35.5. The van der Waals surface area contributed by atoms with E-state index in [-0.39, 0.29) is 47.0 Å². The van der Waals surface area contributed by atoms with Crippen LogP contribution in [0.3, 0.4) is 0 Å². The lowest BCUT2D eigenvalue weighted by Gasteiger charge is -2.10. The van der Waals surface area contributed by atoms with Crippen molar-refractivity contribution in [3.8, 4) is 11.9 Å². The highest BCUT2D eigenvalue weighted by Crippen LogP contribution is 2.35. The van der Waals surface area contributed by atoms with Crippen molar-refractivity contribution in [2.75, 3.05) is 24.3 Å². The molecule has 16 heteroatoms. The Morgan fingerprint density at radius 1 is 1.14 bits per heavy atom. The summed E-state index contributed by atoms with van der Waals surface area (Å²) in [6.45, 7) is 1.22. The van der Waals surface area contributed by atoms with E-state index in [1.165, 1.54) is 51.5 Å². The number of halogens is 4. The molecule has 0 atom stereocenters. The number of methoxy groups -OCH3 is 2. The SMILES string of the molecule is COc1cc(NS(=O)(=O)c2ccc(NC(=O)CCn3nc(C(F)(F)F)c(Cl)c3C)cc2)nc(OC)n1. The second kappa shape index (κ2) is 10.6. The van der Waals surface area contributed by atoms with Gasteiger partial charge in [-0.3, -0.25) is 14.2 Å². The van der Waals surface area contributed by atoms with Gasteiger partial charge in [-0.15, -0.1) is 0 Å². The first-order valence-corrected chi connectivity index (χ1v) is 11.9. The van der Waals surface area contributed by atoms with Gasteiger partial charge in [-0.25, -0.2) is 8.42 Å². The molecule has 0 spiro atoms. The van der Waals surface area contributed by atoms with Crippen LogP contribution < -0.4 is 19.5 Å². The van der Waals surface area contributed by atoms with Crippen molar-refractivity contribution in [3.63, 3.8) is 0 Å². The Morgan fingerprint density at radius 2 is 1.81 bits per heavy atom. The van der Waals surface area contributed by atoms with E-state index in [0.29, 0.717) is 0 Å². The lowest BCUT2D eigenvalue weighted by atomic mass is 10.3. The van der Waals surface area contributed by atoms with Crippen LogP contribution in [0.5, 0.6) is 11.9 Å². The predicted molar refractivity (Wildman–Crippen MR) is 123 cm³/mol. The van der Waals surface area contributed by atoms with Gasteiger partial charge in [0.25, 0.3) is 10.0 Å². The number of aromatic nitrogens is 4. The van der Waals surface area contributed by atoms with Gasteiger partial charge in [0.15, 0.2) is 11.5 Å². The summed E-state index contributed by atoms with van der Waals surface area (Å²) >= 11 is 5.70. The van der Waals surface area contributed by atoms with Crippen molar-refractivity contribution in [3.05, 3.63) is 46.7 Å². The number of hydrogen-bond acceptors (Lipinski definition) is 8. The summed E-state index contributed by atoms with van der Waals surface area (Å²) in [5.74, 6) is -0.526. The second-order valence-corrected chi connectivity index (χ2v) is 9.24. The molecule has 1 aromatic carbocycles. The summed E-state index contributed by atoms with van der Waals surface area (Å²) in [5.41, 5.74) is -0.861. The van der Waals surface area contributed by atoms with E-state index in [9.17, 15) is 26.4 Å². The zero-order valence-corrected chi connectivity index (χ0v) is 20.6. The number of rotatable bonds is 9. The number of nitrogens with one attached hydrogen (secondary N) is 2. The minimum atomic E-state index is -4.71. The Hall–Kier alpha value is -3.59. The number of nitrogens with zero attached hydrogens (tertiary/aromatic N) is 4. The lowest BCUT2D eigenvalue weighted by molar-refractivity contribution is -0.141. The average molecular weight is 549 g/mol. The molecule has 0 fully saturated rings. The molecule has 3 aromatic rings. The van der Waals surface area contributed by atoms with Crippen molar-refractivity contribution in [2.24, 2.45) is 0 Å². The zero-order chi connectivity index (χ0) is 26.7. The number of ether oxygens (including phenoxy) is 2. The van der Waals surface area contributed by atoms with E-state index in [1.807, 2.05) is 0 Å². The summed E-state index contributed by atoms with van der Waals surface area (Å²) in [6.07, 6.45) is -4.91. The quantitative estimate of drug-likeness (QED) is 0.414. The molecule has 36 heavy (non-hydrogen) atoms. The van der Waals surface area contributed by atoms with Gasteiger partial charge in [0.2, 0.25) is 11.8 Å². The summed E-state index contributed by atoms with van der Waals surface area (Å²) in [6, 6.07) is 6.37. The van der Waals surface area contributed by atoms with Crippen LogP contribution in [0, 0.1) is 6.92 Å². The predicted octanol–water partition coefficient (Wildman–Crippen LogP) is 3.50. The summed E-state index contributed by atoms with van der Waals surface area (Å²) in [5, 5.41) is 5.45. The Kier molecular flexibility index (Phi) is 7.93. The molecule has 2 heterocycles. The largest absolute Gasteiger partial charge is 0.481 e. The Labute approximate surface area is 208 Å². The van der Waals surface area contributed by atoms with Crippen LogP contribution in [0.4, 0.5) is 24.7 Å². The fraction of sp³-hybridized carbons (Fsp3) is 0.300. The minimum absolute atomic E-state index is 0.0813. The fourth-order valence-electron chi connectivity index (χ4n) is 2.92. The maximum atomic E-state index is 12.9. The third-order valence-electron chi connectivity index (χ3n) is 4.71. The second-order valence-electron chi connectivity index (χ2n) is 7.18. The molecule has 0 saturated carbocycles. The summed E-state index contributed by atoms with van der Waals surface area (Å²) < 4.78 is 77.3. The van der Waals surface area contributed by atoms with Crippen molar-refractivity contribution >= 4 is 39.0 Å². The molecule has 2 N–H and O–H groups in total. The van der Waals surface area contributed by atoms with Crippen LogP contribution in [-0.4, -0.2) is 48.3 Å². The maximum absolute atomic E-state index is 12.9. The van der Waals surface area contributed by atoms with Crippen LogP contribution in [0.2, 0.25) is 5.02 Å². The molecular formula is C20H20ClF3N6O5S. The monoisotopic (exact) mass is 548 g/mol. The number of sulfonamides is 1. The number of benzene rings is 1. The molecule has 0 bridgehead atoms. The van der Waals surface area contributed by atoms with Gasteiger partial charge in [-0.2, -0.15) is 28.2 Å². The first kappa shape index (κ1) is 27.0. The smallest absolute Gasteiger partial charge is 0.436 e. The topological polar surface area (TPSA) is 137 Å². The first-order valence-electron chi connectivity index (χ1n) is 10.0. The highest BCUT2D eigenvalue weighted by Gasteiger charge is 2.38. The van der Waals surface area contributed by atoms with Crippen molar-refractivity contribution in [2.45, 2.75) is 31.0 Å². The fourth-order valence-corrected chi connectivity index (χ4v) is 4.15. The minimum Gasteiger partial charge on any atom is -0.481 e.